The van der Waals surface area contributed by atoms with E-state index >= 15 is 0 Å². The molecule has 0 saturated heterocycles. The van der Waals surface area contributed by atoms with Crippen LogP contribution < -0.4 is 9.80 Å². The molecule has 0 N–H and O–H groups in total. The van der Waals surface area contributed by atoms with E-state index in [2.05, 4.69) is 71.5 Å². The first kappa shape index (κ1) is 15.9. The number of allylic oxidation sites excluding steroid dienone is 2. The highest BCUT2D eigenvalue weighted by molar-refractivity contribution is 6.03. The van der Waals surface area contributed by atoms with Gasteiger partial charge < -0.3 is 9.80 Å². The van der Waals surface area contributed by atoms with Crippen molar-refractivity contribution in [2.75, 3.05) is 38.0 Å². The molecule has 0 bridgehead atoms. The van der Waals surface area contributed by atoms with Gasteiger partial charge in [0.15, 0.2) is 0 Å². The Kier molecular flexibility index (Phi) is 4.71. The average molecular weight is 292 g/mol. The van der Waals surface area contributed by atoms with Gasteiger partial charge in [0.1, 0.15) is 0 Å². The van der Waals surface area contributed by atoms with Crippen LogP contribution in [-0.4, -0.2) is 28.2 Å². The van der Waals surface area contributed by atoms with E-state index in [9.17, 15) is 0 Å². The molecule has 2 nitrogen and oxygen atoms in total. The standard InChI is InChI=1S/C20H24N2/c1-15(17-7-11-19(12-8-17)21(3)4)16(2)18-9-13-20(14-10-18)22(5)6/h7-14H,1-2H2,3-6H3. The van der Waals surface area contributed by atoms with Crippen LogP contribution >= 0.6 is 0 Å². The van der Waals surface area contributed by atoms with E-state index < -0.39 is 0 Å². The zero-order valence-electron chi connectivity index (χ0n) is 13.9. The number of hydrogen-bond donors (Lipinski definition) is 0. The summed E-state index contributed by atoms with van der Waals surface area (Å²) in [5.41, 5.74) is 6.49. The molecule has 0 aromatic heterocycles. The summed E-state index contributed by atoms with van der Waals surface area (Å²) in [6.45, 7) is 8.42. The quantitative estimate of drug-likeness (QED) is 0.746. The normalized spacial score (nSPS) is 10.2. The number of nitrogens with zero attached hydrogens (tertiary/aromatic N) is 2. The average Bonchev–Trinajstić information content (AvgIpc) is 2.53. The molecule has 0 saturated carbocycles. The van der Waals surface area contributed by atoms with Crippen molar-refractivity contribution >= 4 is 22.5 Å². The van der Waals surface area contributed by atoms with Crippen LogP contribution in [-0.2, 0) is 0 Å². The van der Waals surface area contributed by atoms with Crippen LogP contribution in [0.3, 0.4) is 0 Å². The van der Waals surface area contributed by atoms with Crippen LogP contribution in [0.25, 0.3) is 11.1 Å². The second-order valence-corrected chi connectivity index (χ2v) is 5.84. The van der Waals surface area contributed by atoms with E-state index in [1.165, 1.54) is 11.4 Å². The molecule has 0 aliphatic heterocycles. The number of benzene rings is 2. The van der Waals surface area contributed by atoms with Crippen molar-refractivity contribution in [3.05, 3.63) is 72.8 Å². The molecule has 0 aliphatic carbocycles. The third-order valence-corrected chi connectivity index (χ3v) is 3.83. The van der Waals surface area contributed by atoms with E-state index in [-0.39, 0.29) is 0 Å². The van der Waals surface area contributed by atoms with Gasteiger partial charge in [0.25, 0.3) is 0 Å². The maximum atomic E-state index is 4.21. The van der Waals surface area contributed by atoms with Gasteiger partial charge >= 0.3 is 0 Å². The lowest BCUT2D eigenvalue weighted by Crippen LogP contribution is -2.08. The maximum absolute atomic E-state index is 4.21. The van der Waals surface area contributed by atoms with Crippen molar-refractivity contribution in [2.24, 2.45) is 0 Å². The summed E-state index contributed by atoms with van der Waals surface area (Å²) in [4.78, 5) is 4.17. The summed E-state index contributed by atoms with van der Waals surface area (Å²) in [7, 11) is 8.15. The minimum Gasteiger partial charge on any atom is -0.378 e. The fourth-order valence-electron chi connectivity index (χ4n) is 2.27. The van der Waals surface area contributed by atoms with Crippen molar-refractivity contribution < 1.29 is 0 Å². The molecule has 0 radical (unpaired) electrons. The minimum atomic E-state index is 0.961. The first-order valence-electron chi connectivity index (χ1n) is 7.34. The molecule has 2 heteroatoms. The number of rotatable bonds is 5. The Labute approximate surface area is 134 Å². The van der Waals surface area contributed by atoms with Crippen molar-refractivity contribution in [2.45, 2.75) is 0 Å². The van der Waals surface area contributed by atoms with Crippen LogP contribution in [0, 0.1) is 0 Å². The molecular formula is C20H24N2. The summed E-state index contributed by atoms with van der Waals surface area (Å²) in [6.07, 6.45) is 0. The first-order chi connectivity index (χ1) is 10.4. The monoisotopic (exact) mass is 292 g/mol. The highest BCUT2D eigenvalue weighted by Gasteiger charge is 2.07. The molecule has 2 aromatic rings. The summed E-state index contributed by atoms with van der Waals surface area (Å²) in [5.74, 6) is 0. The molecule has 0 aliphatic rings. The molecule has 114 valence electrons. The zero-order chi connectivity index (χ0) is 16.3. The largest absolute Gasteiger partial charge is 0.378 e. The predicted octanol–water partition coefficient (Wildman–Crippen LogP) is 4.55. The Balaban J connectivity index is 2.19. The lowest BCUT2D eigenvalue weighted by atomic mass is 9.94. The number of anilines is 2. The second kappa shape index (κ2) is 6.52. The zero-order valence-corrected chi connectivity index (χ0v) is 13.9. The van der Waals surface area contributed by atoms with E-state index in [1.54, 1.807) is 0 Å². The van der Waals surface area contributed by atoms with Gasteiger partial charge in [-0.2, -0.15) is 0 Å². The molecule has 0 spiro atoms. The fourth-order valence-corrected chi connectivity index (χ4v) is 2.27. The lowest BCUT2D eigenvalue weighted by molar-refractivity contribution is 1.13. The molecule has 2 rings (SSSR count). The summed E-state index contributed by atoms with van der Waals surface area (Å²) in [5, 5.41) is 0. The molecule has 0 atom stereocenters. The maximum Gasteiger partial charge on any atom is 0.0361 e. The Morgan fingerprint density at radius 3 is 1.09 bits per heavy atom. The highest BCUT2D eigenvalue weighted by atomic mass is 15.1. The van der Waals surface area contributed by atoms with Crippen molar-refractivity contribution in [1.82, 2.24) is 0 Å². The van der Waals surface area contributed by atoms with Gasteiger partial charge in [-0.05, 0) is 46.5 Å². The van der Waals surface area contributed by atoms with Crippen molar-refractivity contribution in [3.63, 3.8) is 0 Å². The minimum absolute atomic E-state index is 0.961. The predicted molar refractivity (Wildman–Crippen MR) is 99.6 cm³/mol. The van der Waals surface area contributed by atoms with Gasteiger partial charge in [-0.15, -0.1) is 0 Å². The molecule has 0 fully saturated rings. The van der Waals surface area contributed by atoms with E-state index in [0.717, 1.165) is 22.3 Å². The summed E-state index contributed by atoms with van der Waals surface area (Å²) >= 11 is 0. The van der Waals surface area contributed by atoms with Gasteiger partial charge in [0.2, 0.25) is 0 Å². The number of hydrogen-bond acceptors (Lipinski definition) is 2. The molecule has 0 unspecified atom stereocenters. The van der Waals surface area contributed by atoms with Gasteiger partial charge in [-0.1, -0.05) is 37.4 Å². The molecule has 0 amide bonds. The third-order valence-electron chi connectivity index (χ3n) is 3.83. The molecule has 22 heavy (non-hydrogen) atoms. The van der Waals surface area contributed by atoms with Gasteiger partial charge in [0.05, 0.1) is 0 Å². The van der Waals surface area contributed by atoms with Crippen LogP contribution in [0.15, 0.2) is 61.7 Å². The van der Waals surface area contributed by atoms with Crippen LogP contribution in [0.5, 0.6) is 0 Å². The third kappa shape index (κ3) is 3.40. The van der Waals surface area contributed by atoms with Crippen LogP contribution in [0.1, 0.15) is 11.1 Å². The second-order valence-electron chi connectivity index (χ2n) is 5.84. The lowest BCUT2D eigenvalue weighted by Gasteiger charge is -2.16. The Hall–Kier alpha value is -2.48. The first-order valence-corrected chi connectivity index (χ1v) is 7.34. The summed E-state index contributed by atoms with van der Waals surface area (Å²) < 4.78 is 0. The van der Waals surface area contributed by atoms with E-state index in [0.29, 0.717) is 0 Å². The summed E-state index contributed by atoms with van der Waals surface area (Å²) in [6, 6.07) is 16.8. The Bertz CT molecular complexity index is 600. The van der Waals surface area contributed by atoms with Crippen molar-refractivity contribution in [1.29, 1.82) is 0 Å². The topological polar surface area (TPSA) is 6.48 Å². The smallest absolute Gasteiger partial charge is 0.0361 e. The van der Waals surface area contributed by atoms with Crippen LogP contribution in [0.4, 0.5) is 11.4 Å². The van der Waals surface area contributed by atoms with E-state index in [4.69, 9.17) is 0 Å². The SMILES string of the molecule is C=C(C(=C)c1ccc(N(C)C)cc1)c1ccc(N(C)C)cc1. The van der Waals surface area contributed by atoms with Gasteiger partial charge in [-0.25, -0.2) is 0 Å². The van der Waals surface area contributed by atoms with E-state index in [1.807, 2.05) is 28.2 Å². The van der Waals surface area contributed by atoms with Crippen LogP contribution in [0.2, 0.25) is 0 Å². The van der Waals surface area contributed by atoms with Gasteiger partial charge in [-0.3, -0.25) is 0 Å². The van der Waals surface area contributed by atoms with Gasteiger partial charge in [0, 0.05) is 39.6 Å². The Morgan fingerprint density at radius 2 is 0.864 bits per heavy atom. The highest BCUT2D eigenvalue weighted by Crippen LogP contribution is 2.30. The molecular weight excluding hydrogens is 268 g/mol. The van der Waals surface area contributed by atoms with Crippen molar-refractivity contribution in [3.8, 4) is 0 Å². The Morgan fingerprint density at radius 1 is 0.591 bits per heavy atom. The molecule has 0 heterocycles. The molecule has 2 aromatic carbocycles. The fraction of sp³-hybridized carbons (Fsp3) is 0.200.